The van der Waals surface area contributed by atoms with E-state index in [2.05, 4.69) is 78.6 Å². The SMILES string of the molecule is CC(=O)Oc1cccc(/C=C/c2ccc3ccccc3n2)c1.CC(=O)Oc1cccc(C#Cc2ccc3ccccc3n2)c1.Cc1ccc2ccccc2n1.Cl.Cl.O=Cc1cccc(O)c1.Oc1cccc(C#Cc2ccc3ccccc3n2)c1.Oc1cccc(C#Cc2ccc3ccccc3n2)c1. The maximum atomic E-state index is 11.0. The zero-order chi connectivity index (χ0) is 71.3. The molecule has 15 rings (SSSR count). The molecule has 104 heavy (non-hydrogen) atoms. The van der Waals surface area contributed by atoms with E-state index in [0.717, 1.165) is 94.2 Å². The zero-order valence-corrected chi connectivity index (χ0v) is 58.2. The number of nitrogens with zero attached hydrogens (tertiary/aromatic N) is 5. The number of rotatable bonds is 5. The molecular weight excluding hydrogens is 1340 g/mol. The van der Waals surface area contributed by atoms with Gasteiger partial charge in [-0.3, -0.25) is 19.4 Å². The van der Waals surface area contributed by atoms with E-state index in [1.54, 1.807) is 72.8 Å². The fourth-order valence-electron chi connectivity index (χ4n) is 9.76. The van der Waals surface area contributed by atoms with Crippen molar-refractivity contribution in [3.05, 3.63) is 360 Å². The number of aromatic nitrogens is 5. The van der Waals surface area contributed by atoms with E-state index >= 15 is 0 Å². The van der Waals surface area contributed by atoms with Crippen molar-refractivity contribution in [1.29, 1.82) is 0 Å². The van der Waals surface area contributed by atoms with Crippen LogP contribution in [0.1, 0.15) is 74.9 Å². The van der Waals surface area contributed by atoms with E-state index in [-0.39, 0.29) is 54.0 Å². The predicted molar refractivity (Wildman–Crippen MR) is 420 cm³/mol. The molecule has 0 radical (unpaired) electrons. The maximum Gasteiger partial charge on any atom is 0.308 e. The molecule has 13 nitrogen and oxygen atoms in total. The molecule has 0 aliphatic carbocycles. The monoisotopic (exact) mass is 1400 g/mol. The molecule has 0 spiro atoms. The molecule has 15 aromatic rings. The lowest BCUT2D eigenvalue weighted by molar-refractivity contribution is -0.132. The number of para-hydroxylation sites is 5. The molecule has 0 aliphatic heterocycles. The van der Waals surface area contributed by atoms with Crippen LogP contribution in [-0.2, 0) is 9.59 Å². The second-order valence-electron chi connectivity index (χ2n) is 22.4. The van der Waals surface area contributed by atoms with Crippen LogP contribution in [0.4, 0.5) is 0 Å². The van der Waals surface area contributed by atoms with Gasteiger partial charge in [-0.05, 0) is 176 Å². The summed E-state index contributed by atoms with van der Waals surface area (Å²) in [5.41, 5.74) is 12.7. The molecular formula is C89H67Cl2N5O8. The Balaban J connectivity index is 0.000000161. The number of benzene rings is 10. The third-order valence-corrected chi connectivity index (χ3v) is 14.5. The van der Waals surface area contributed by atoms with Gasteiger partial charge in [0.15, 0.2) is 0 Å². The molecule has 15 heteroatoms. The Hall–Kier alpha value is -13.7. The average Bonchev–Trinajstić information content (AvgIpc) is 0.842. The first-order chi connectivity index (χ1) is 49.7. The molecule has 3 N–H and O–H groups in total. The van der Waals surface area contributed by atoms with Crippen LogP contribution >= 0.6 is 24.8 Å². The van der Waals surface area contributed by atoms with Gasteiger partial charge in [-0.25, -0.2) is 19.9 Å². The van der Waals surface area contributed by atoms with E-state index in [1.807, 2.05) is 219 Å². The third kappa shape index (κ3) is 24.3. The smallest absolute Gasteiger partial charge is 0.308 e. The molecule has 0 amide bonds. The number of aldehydes is 1. The highest BCUT2D eigenvalue weighted by atomic mass is 35.5. The summed E-state index contributed by atoms with van der Waals surface area (Å²) in [6, 6.07) is 94.3. The van der Waals surface area contributed by atoms with Crippen molar-refractivity contribution in [2.24, 2.45) is 0 Å². The number of hydrogen-bond acceptors (Lipinski definition) is 13. The first-order valence-electron chi connectivity index (χ1n) is 32.1. The highest BCUT2D eigenvalue weighted by molar-refractivity contribution is 5.86. The van der Waals surface area contributed by atoms with Crippen molar-refractivity contribution < 1.29 is 39.2 Å². The lowest BCUT2D eigenvalue weighted by Crippen LogP contribution is -2.01. The summed E-state index contributed by atoms with van der Waals surface area (Å²) >= 11 is 0. The van der Waals surface area contributed by atoms with E-state index in [9.17, 15) is 24.6 Å². The van der Waals surface area contributed by atoms with Gasteiger partial charge in [-0.2, -0.15) is 0 Å². The Morgan fingerprint density at radius 3 is 1.09 bits per heavy atom. The number of ether oxygens (including phenoxy) is 2. The number of carbonyl (C=O) groups is 3. The summed E-state index contributed by atoms with van der Waals surface area (Å²) in [5, 5.41) is 33.1. The van der Waals surface area contributed by atoms with E-state index < -0.39 is 0 Å². The van der Waals surface area contributed by atoms with Gasteiger partial charge < -0.3 is 24.8 Å². The number of aromatic hydroxyl groups is 3. The number of phenols is 3. The van der Waals surface area contributed by atoms with Crippen molar-refractivity contribution in [3.8, 4) is 64.3 Å². The minimum atomic E-state index is -0.346. The Morgan fingerprint density at radius 2 is 0.673 bits per heavy atom. The lowest BCUT2D eigenvalue weighted by Gasteiger charge is -2.02. The van der Waals surface area contributed by atoms with Gasteiger partial charge in [0.2, 0.25) is 0 Å². The van der Waals surface area contributed by atoms with Gasteiger partial charge in [-0.1, -0.05) is 188 Å². The topological polar surface area (TPSA) is 195 Å². The van der Waals surface area contributed by atoms with Gasteiger partial charge in [0, 0.05) is 68.7 Å². The molecule has 10 aromatic carbocycles. The standard InChI is InChI=1S/C19H15NO2.C19H13NO2.2C17H11NO.C10H9N.C7H6O2.2ClH/c2*1-14(21)22-18-7-4-5-15(13-18)9-11-17-12-10-16-6-2-3-8-19(16)20-17;2*19-16-6-3-4-13(12-16)8-10-15-11-9-14-5-1-2-7-17(14)18-15;1-8-6-7-9-4-2-3-5-10(9)11-8;8-5-6-2-1-3-7(9)4-6;;/h2-13H,1H3;2-8,10,12-13H,1H3;2*1-7,9,11-12,19H;2-7H,1H3;1-5,9H;2*1H/b11-9+;;;;;;;. The Morgan fingerprint density at radius 1 is 0.327 bits per heavy atom. The molecule has 510 valence electrons. The highest BCUT2D eigenvalue weighted by Gasteiger charge is 2.03. The van der Waals surface area contributed by atoms with Crippen molar-refractivity contribution in [3.63, 3.8) is 0 Å². The van der Waals surface area contributed by atoms with Crippen LogP contribution in [0.15, 0.2) is 303 Å². The quantitative estimate of drug-likeness (QED) is 0.0638. The largest absolute Gasteiger partial charge is 0.508 e. The molecule has 0 saturated carbocycles. The minimum absolute atomic E-state index is 0. The second kappa shape index (κ2) is 39.2. The van der Waals surface area contributed by atoms with Crippen LogP contribution in [0, 0.1) is 42.4 Å². The molecule has 0 fully saturated rings. The second-order valence-corrected chi connectivity index (χ2v) is 22.4. The summed E-state index contributed by atoms with van der Waals surface area (Å²) in [6.45, 7) is 4.77. The summed E-state index contributed by atoms with van der Waals surface area (Å²) < 4.78 is 10.1. The summed E-state index contributed by atoms with van der Waals surface area (Å²) in [5.74, 6) is 19.0. The molecule has 0 atom stereocenters. The zero-order valence-electron chi connectivity index (χ0n) is 56.5. The summed E-state index contributed by atoms with van der Waals surface area (Å²) in [7, 11) is 0. The molecule has 0 bridgehead atoms. The first-order valence-corrected chi connectivity index (χ1v) is 32.1. The van der Waals surface area contributed by atoms with Crippen LogP contribution in [0.5, 0.6) is 28.7 Å². The number of aryl methyl sites for hydroxylation is 1. The molecule has 0 saturated heterocycles. The van der Waals surface area contributed by atoms with Gasteiger partial charge in [0.05, 0.1) is 33.3 Å². The Labute approximate surface area is 614 Å². The van der Waals surface area contributed by atoms with Crippen LogP contribution in [0.25, 0.3) is 66.7 Å². The van der Waals surface area contributed by atoms with Crippen molar-refractivity contribution in [2.75, 3.05) is 0 Å². The minimum Gasteiger partial charge on any atom is -0.508 e. The first kappa shape index (κ1) is 76.0. The number of hydrogen-bond donors (Lipinski definition) is 3. The molecule has 0 unspecified atom stereocenters. The van der Waals surface area contributed by atoms with Gasteiger partial charge in [0.25, 0.3) is 0 Å². The predicted octanol–water partition coefficient (Wildman–Crippen LogP) is 19.2. The van der Waals surface area contributed by atoms with Gasteiger partial charge in [-0.15, -0.1) is 24.8 Å². The third-order valence-electron chi connectivity index (χ3n) is 14.5. The Bertz CT molecular complexity index is 5580. The molecule has 5 heterocycles. The molecule has 0 aliphatic rings. The highest BCUT2D eigenvalue weighted by Crippen LogP contribution is 2.21. The average molecular weight is 1410 g/mol. The van der Waals surface area contributed by atoms with Crippen LogP contribution in [0.2, 0.25) is 0 Å². The van der Waals surface area contributed by atoms with Crippen molar-refractivity contribution >= 4 is 110 Å². The maximum absolute atomic E-state index is 11.0. The number of pyridine rings is 5. The van der Waals surface area contributed by atoms with Gasteiger partial charge in [0.1, 0.15) is 52.1 Å². The number of halogens is 2. The van der Waals surface area contributed by atoms with Crippen LogP contribution in [0.3, 0.4) is 0 Å². The fraction of sp³-hybridized carbons (Fsp3) is 0.0337. The normalized spacial score (nSPS) is 9.88. The van der Waals surface area contributed by atoms with E-state index in [0.29, 0.717) is 29.0 Å². The fourth-order valence-corrected chi connectivity index (χ4v) is 9.76. The van der Waals surface area contributed by atoms with E-state index in [4.69, 9.17) is 14.6 Å². The van der Waals surface area contributed by atoms with Crippen molar-refractivity contribution in [2.45, 2.75) is 20.8 Å². The lowest BCUT2D eigenvalue weighted by atomic mass is 10.1. The number of carbonyl (C=O) groups excluding carboxylic acids is 3. The summed E-state index contributed by atoms with van der Waals surface area (Å²) in [4.78, 5) is 54.4. The number of phenolic OH excluding ortho intramolecular Hbond substituents is 3. The van der Waals surface area contributed by atoms with Gasteiger partial charge >= 0.3 is 11.9 Å². The van der Waals surface area contributed by atoms with Crippen LogP contribution < -0.4 is 9.47 Å². The van der Waals surface area contributed by atoms with Crippen LogP contribution in [-0.4, -0.2) is 58.5 Å². The summed E-state index contributed by atoms with van der Waals surface area (Å²) in [6.07, 6.45) is 4.59. The number of esters is 2. The Kier molecular flexibility index (Phi) is 28.6. The van der Waals surface area contributed by atoms with Crippen molar-refractivity contribution in [1.82, 2.24) is 24.9 Å². The number of fused-ring (bicyclic) bond motifs is 5. The van der Waals surface area contributed by atoms with E-state index in [1.165, 1.54) is 31.4 Å². The molecule has 5 aromatic heterocycles.